The minimum Gasteiger partial charge on any atom is -0.491 e. The summed E-state index contributed by atoms with van der Waals surface area (Å²) >= 11 is 0. The number of methoxy groups -OCH3 is 1. The summed E-state index contributed by atoms with van der Waals surface area (Å²) in [7, 11) is 1.44. The second-order valence-electron chi connectivity index (χ2n) is 8.12. The molecule has 1 fully saturated rings. The van der Waals surface area contributed by atoms with Crippen LogP contribution in [0.25, 0.3) is 0 Å². The fourth-order valence-electron chi connectivity index (χ4n) is 4.29. The summed E-state index contributed by atoms with van der Waals surface area (Å²) in [6.07, 6.45) is 3.10. The molecule has 2 aliphatic rings. The van der Waals surface area contributed by atoms with Gasteiger partial charge in [0.05, 0.1) is 20.1 Å². The summed E-state index contributed by atoms with van der Waals surface area (Å²) in [5.41, 5.74) is 2.07. The first-order chi connectivity index (χ1) is 15.0. The monoisotopic (exact) mass is 427 g/mol. The van der Waals surface area contributed by atoms with Crippen molar-refractivity contribution in [2.45, 2.75) is 51.7 Å². The predicted octanol–water partition coefficient (Wildman–Crippen LogP) is 1.60. The Morgan fingerprint density at radius 1 is 1.29 bits per heavy atom. The zero-order valence-corrected chi connectivity index (χ0v) is 18.1. The van der Waals surface area contributed by atoms with Gasteiger partial charge in [0.15, 0.2) is 5.82 Å². The molecule has 1 aromatic heterocycles. The van der Waals surface area contributed by atoms with Crippen LogP contribution in [0.1, 0.15) is 42.0 Å². The third-order valence-corrected chi connectivity index (χ3v) is 5.88. The number of carbonyl (C=O) groups is 2. The highest BCUT2D eigenvalue weighted by atomic mass is 16.5. The number of carbonyl (C=O) groups excluding carboxylic acids is 2. The predicted molar refractivity (Wildman–Crippen MR) is 112 cm³/mol. The standard InChI is InChI=1S/C22H29N5O4/c1-15-23-20(25-24-15)12-21(28)27-9-10-31-19-7-6-16(11-17(19)14-27)13-26-8-4-3-5-18(26)22(29)30-2/h6-7,11,18H,3-5,8-10,12-14H2,1-2H3,(H,23,24,25). The Labute approximate surface area is 181 Å². The third-order valence-electron chi connectivity index (χ3n) is 5.88. The number of benzene rings is 1. The number of nitrogens with zero attached hydrogens (tertiary/aromatic N) is 4. The molecule has 0 bridgehead atoms. The summed E-state index contributed by atoms with van der Waals surface area (Å²) in [5.74, 6) is 1.80. The van der Waals surface area contributed by atoms with Crippen LogP contribution in [0, 0.1) is 6.92 Å². The van der Waals surface area contributed by atoms with Crippen LogP contribution in [0.15, 0.2) is 18.2 Å². The summed E-state index contributed by atoms with van der Waals surface area (Å²) in [5, 5.41) is 6.84. The summed E-state index contributed by atoms with van der Waals surface area (Å²) in [4.78, 5) is 33.2. The van der Waals surface area contributed by atoms with E-state index in [0.717, 1.165) is 42.7 Å². The van der Waals surface area contributed by atoms with Gasteiger partial charge >= 0.3 is 5.97 Å². The zero-order valence-electron chi connectivity index (χ0n) is 18.1. The molecule has 0 radical (unpaired) electrons. The van der Waals surface area contributed by atoms with Gasteiger partial charge in [-0.15, -0.1) is 0 Å². The van der Waals surface area contributed by atoms with Crippen LogP contribution in [0.4, 0.5) is 0 Å². The Kier molecular flexibility index (Phi) is 6.50. The highest BCUT2D eigenvalue weighted by Gasteiger charge is 2.29. The molecule has 1 aromatic carbocycles. The minimum absolute atomic E-state index is 0.0253. The molecule has 0 spiro atoms. The van der Waals surface area contributed by atoms with Crippen molar-refractivity contribution in [2.75, 3.05) is 26.8 Å². The maximum atomic E-state index is 12.8. The van der Waals surface area contributed by atoms with Crippen LogP contribution in [0.2, 0.25) is 0 Å². The molecule has 0 saturated carbocycles. The van der Waals surface area contributed by atoms with Gasteiger partial charge in [0.25, 0.3) is 0 Å². The molecule has 4 rings (SSSR count). The third kappa shape index (κ3) is 5.04. The number of hydrogen-bond acceptors (Lipinski definition) is 7. The van der Waals surface area contributed by atoms with E-state index in [1.807, 2.05) is 19.1 Å². The molecule has 0 aliphatic carbocycles. The van der Waals surface area contributed by atoms with Crippen molar-refractivity contribution in [3.05, 3.63) is 41.0 Å². The van der Waals surface area contributed by atoms with E-state index >= 15 is 0 Å². The van der Waals surface area contributed by atoms with Crippen LogP contribution in [0.3, 0.4) is 0 Å². The van der Waals surface area contributed by atoms with Crippen LogP contribution < -0.4 is 4.74 Å². The lowest BCUT2D eigenvalue weighted by atomic mass is 10.0. The minimum atomic E-state index is -0.198. The Bertz CT molecular complexity index is 944. The first-order valence-electron chi connectivity index (χ1n) is 10.8. The molecule has 3 heterocycles. The van der Waals surface area contributed by atoms with Gasteiger partial charge in [0.1, 0.15) is 24.2 Å². The number of piperidine rings is 1. The Hall–Kier alpha value is -2.94. The second kappa shape index (κ2) is 9.47. The summed E-state index contributed by atoms with van der Waals surface area (Å²) in [6, 6.07) is 5.89. The molecule has 1 unspecified atom stereocenters. The lowest BCUT2D eigenvalue weighted by Gasteiger charge is -2.33. The number of ether oxygens (including phenoxy) is 2. The zero-order chi connectivity index (χ0) is 21.8. The smallest absolute Gasteiger partial charge is 0.323 e. The lowest BCUT2D eigenvalue weighted by Crippen LogP contribution is -2.44. The van der Waals surface area contributed by atoms with Gasteiger partial charge in [0, 0.05) is 18.7 Å². The van der Waals surface area contributed by atoms with Crippen LogP contribution in [-0.2, 0) is 33.8 Å². The van der Waals surface area contributed by atoms with Crippen molar-refractivity contribution in [1.29, 1.82) is 0 Å². The fraction of sp³-hybridized carbons (Fsp3) is 0.545. The van der Waals surface area contributed by atoms with Crippen LogP contribution in [0.5, 0.6) is 5.75 Å². The summed E-state index contributed by atoms with van der Waals surface area (Å²) in [6.45, 7) is 4.79. The maximum Gasteiger partial charge on any atom is 0.323 e. The molecule has 9 heteroatoms. The second-order valence-corrected chi connectivity index (χ2v) is 8.12. The van der Waals surface area contributed by atoms with Crippen LogP contribution >= 0.6 is 0 Å². The van der Waals surface area contributed by atoms with Crippen molar-refractivity contribution >= 4 is 11.9 Å². The van der Waals surface area contributed by atoms with Crippen molar-refractivity contribution in [2.24, 2.45) is 0 Å². The van der Waals surface area contributed by atoms with E-state index in [1.54, 1.807) is 4.90 Å². The lowest BCUT2D eigenvalue weighted by molar-refractivity contribution is -0.148. The first-order valence-corrected chi connectivity index (χ1v) is 10.8. The number of nitrogens with one attached hydrogen (secondary N) is 1. The van der Waals surface area contributed by atoms with Crippen molar-refractivity contribution in [1.82, 2.24) is 25.0 Å². The molecule has 1 amide bonds. The van der Waals surface area contributed by atoms with E-state index in [4.69, 9.17) is 9.47 Å². The number of rotatable bonds is 5. The average Bonchev–Trinajstić information content (AvgIpc) is 3.06. The topological polar surface area (TPSA) is 101 Å². The molecule has 1 atom stereocenters. The Balaban J connectivity index is 1.47. The highest BCUT2D eigenvalue weighted by Crippen LogP contribution is 2.27. The molecular formula is C22H29N5O4. The van der Waals surface area contributed by atoms with Gasteiger partial charge in [-0.3, -0.25) is 19.6 Å². The van der Waals surface area contributed by atoms with Crippen molar-refractivity contribution in [3.63, 3.8) is 0 Å². The average molecular weight is 428 g/mol. The Morgan fingerprint density at radius 3 is 2.94 bits per heavy atom. The summed E-state index contributed by atoms with van der Waals surface area (Å²) < 4.78 is 10.9. The van der Waals surface area contributed by atoms with Crippen molar-refractivity contribution < 1.29 is 19.1 Å². The number of H-pyrrole nitrogens is 1. The van der Waals surface area contributed by atoms with E-state index in [9.17, 15) is 9.59 Å². The van der Waals surface area contributed by atoms with E-state index in [2.05, 4.69) is 26.1 Å². The molecule has 2 aromatic rings. The molecule has 9 nitrogen and oxygen atoms in total. The van der Waals surface area contributed by atoms with Gasteiger partial charge in [0.2, 0.25) is 5.91 Å². The molecule has 31 heavy (non-hydrogen) atoms. The largest absolute Gasteiger partial charge is 0.491 e. The normalized spacial score (nSPS) is 19.3. The highest BCUT2D eigenvalue weighted by molar-refractivity contribution is 5.78. The van der Waals surface area contributed by atoms with E-state index in [0.29, 0.717) is 37.9 Å². The number of fused-ring (bicyclic) bond motifs is 1. The Morgan fingerprint density at radius 2 is 2.16 bits per heavy atom. The van der Waals surface area contributed by atoms with Gasteiger partial charge in [-0.1, -0.05) is 12.5 Å². The van der Waals surface area contributed by atoms with Gasteiger partial charge in [-0.05, 0) is 44.0 Å². The van der Waals surface area contributed by atoms with Gasteiger partial charge in [-0.2, -0.15) is 5.10 Å². The number of aromatic amines is 1. The van der Waals surface area contributed by atoms with E-state index < -0.39 is 0 Å². The quantitative estimate of drug-likeness (QED) is 0.724. The molecule has 1 saturated heterocycles. The van der Waals surface area contributed by atoms with Gasteiger partial charge in [-0.25, -0.2) is 4.98 Å². The molecule has 1 N–H and O–H groups in total. The van der Waals surface area contributed by atoms with Crippen molar-refractivity contribution in [3.8, 4) is 5.75 Å². The SMILES string of the molecule is COC(=O)C1CCCCN1Cc1ccc2c(c1)CN(C(=O)Cc1n[nH]c(C)n1)CCO2. The molecule has 2 aliphatic heterocycles. The fourth-order valence-corrected chi connectivity index (χ4v) is 4.29. The molecule has 166 valence electrons. The van der Waals surface area contributed by atoms with Gasteiger partial charge < -0.3 is 14.4 Å². The molecular weight excluding hydrogens is 398 g/mol. The van der Waals surface area contributed by atoms with E-state index in [-0.39, 0.29) is 24.3 Å². The van der Waals surface area contributed by atoms with E-state index in [1.165, 1.54) is 7.11 Å². The number of aryl methyl sites for hydroxylation is 1. The number of hydrogen-bond donors (Lipinski definition) is 1. The number of amides is 1. The maximum absolute atomic E-state index is 12.8. The number of esters is 1. The van der Waals surface area contributed by atoms with Crippen LogP contribution in [-0.4, -0.2) is 69.7 Å². The number of likely N-dealkylation sites (tertiary alicyclic amines) is 1. The first kappa shape index (κ1) is 21.3. The number of aromatic nitrogens is 3.